The summed E-state index contributed by atoms with van der Waals surface area (Å²) in [5.41, 5.74) is 3.88. The second-order valence-electron chi connectivity index (χ2n) is 8.24. The number of furan rings is 1. The predicted octanol–water partition coefficient (Wildman–Crippen LogP) is 3.69. The molecule has 32 heavy (non-hydrogen) atoms. The highest BCUT2D eigenvalue weighted by molar-refractivity contribution is 5.92. The number of fused-ring (bicyclic) bond motifs is 1. The molecule has 8 heteroatoms. The molecule has 4 aromatic rings. The van der Waals surface area contributed by atoms with Crippen LogP contribution in [0.4, 0.5) is 5.82 Å². The summed E-state index contributed by atoms with van der Waals surface area (Å²) >= 11 is 0. The van der Waals surface area contributed by atoms with E-state index in [1.165, 1.54) is 11.8 Å². The first-order valence-corrected chi connectivity index (χ1v) is 10.9. The van der Waals surface area contributed by atoms with Crippen molar-refractivity contribution >= 4 is 22.8 Å². The van der Waals surface area contributed by atoms with Gasteiger partial charge in [-0.1, -0.05) is 17.7 Å². The molecular formula is C24H26N6O2. The topological polar surface area (TPSA) is 80.3 Å². The first-order valence-electron chi connectivity index (χ1n) is 10.9. The Kier molecular flexibility index (Phi) is 5.13. The van der Waals surface area contributed by atoms with Crippen molar-refractivity contribution in [2.24, 2.45) is 0 Å². The summed E-state index contributed by atoms with van der Waals surface area (Å²) in [6, 6.07) is 11.7. The van der Waals surface area contributed by atoms with Crippen molar-refractivity contribution in [3.63, 3.8) is 0 Å². The maximum atomic E-state index is 12.7. The molecule has 1 aliphatic heterocycles. The fourth-order valence-corrected chi connectivity index (χ4v) is 4.25. The summed E-state index contributed by atoms with van der Waals surface area (Å²) < 4.78 is 7.20. The maximum Gasteiger partial charge on any atom is 0.289 e. The summed E-state index contributed by atoms with van der Waals surface area (Å²) in [6.45, 7) is 8.77. The van der Waals surface area contributed by atoms with Gasteiger partial charge < -0.3 is 14.2 Å². The average molecular weight is 431 g/mol. The second kappa shape index (κ2) is 8.11. The third-order valence-corrected chi connectivity index (χ3v) is 5.89. The lowest BCUT2D eigenvalue weighted by atomic mass is 10.2. The van der Waals surface area contributed by atoms with Crippen LogP contribution in [0, 0.1) is 20.8 Å². The molecule has 1 aliphatic rings. The van der Waals surface area contributed by atoms with Crippen LogP contribution in [-0.2, 0) is 0 Å². The van der Waals surface area contributed by atoms with Crippen molar-refractivity contribution in [3.8, 4) is 5.69 Å². The largest absolute Gasteiger partial charge is 0.459 e. The van der Waals surface area contributed by atoms with Crippen molar-refractivity contribution < 1.29 is 9.21 Å². The molecule has 0 atom stereocenters. The van der Waals surface area contributed by atoms with Crippen LogP contribution >= 0.6 is 0 Å². The fourth-order valence-electron chi connectivity index (χ4n) is 4.25. The average Bonchev–Trinajstić information content (AvgIpc) is 3.35. The van der Waals surface area contributed by atoms with E-state index in [0.717, 1.165) is 41.2 Å². The molecule has 0 bridgehead atoms. The van der Waals surface area contributed by atoms with Crippen LogP contribution in [0.1, 0.15) is 34.1 Å². The maximum absolute atomic E-state index is 12.7. The van der Waals surface area contributed by atoms with E-state index >= 15 is 0 Å². The Balaban J connectivity index is 1.49. The Bertz CT molecular complexity index is 1260. The lowest BCUT2D eigenvalue weighted by Gasteiger charge is -2.23. The molecule has 0 unspecified atom stereocenters. The standard InChI is InChI=1S/C24H26N6O2/c1-16-7-9-19(10-8-16)30-23-21(17(2)27-30)22(25-18(3)26-23)28-11-5-12-29(14-13-28)24(31)20-6-4-15-32-20/h4,6-10,15H,5,11-14H2,1-3H3. The molecule has 4 heterocycles. The molecule has 1 amide bonds. The van der Waals surface area contributed by atoms with Gasteiger partial charge >= 0.3 is 0 Å². The Hall–Kier alpha value is -3.68. The third kappa shape index (κ3) is 3.62. The first kappa shape index (κ1) is 20.2. The van der Waals surface area contributed by atoms with Crippen LogP contribution in [0.3, 0.4) is 0 Å². The van der Waals surface area contributed by atoms with Gasteiger partial charge in [0, 0.05) is 26.2 Å². The van der Waals surface area contributed by atoms with Gasteiger partial charge in [-0.05, 0) is 51.5 Å². The monoisotopic (exact) mass is 430 g/mol. The molecule has 3 aromatic heterocycles. The lowest BCUT2D eigenvalue weighted by Crippen LogP contribution is -2.35. The van der Waals surface area contributed by atoms with Crippen molar-refractivity contribution in [3.05, 3.63) is 65.5 Å². The van der Waals surface area contributed by atoms with E-state index in [1.807, 2.05) is 23.4 Å². The highest BCUT2D eigenvalue weighted by Crippen LogP contribution is 2.29. The number of carbonyl (C=O) groups excluding carboxylic acids is 1. The molecular weight excluding hydrogens is 404 g/mol. The van der Waals surface area contributed by atoms with Gasteiger partial charge in [-0.15, -0.1) is 0 Å². The van der Waals surface area contributed by atoms with E-state index in [0.29, 0.717) is 31.2 Å². The van der Waals surface area contributed by atoms with Gasteiger partial charge in [-0.3, -0.25) is 4.79 Å². The Morgan fingerprint density at radius 3 is 2.53 bits per heavy atom. The number of anilines is 1. The Morgan fingerprint density at radius 2 is 1.78 bits per heavy atom. The first-order chi connectivity index (χ1) is 15.5. The van der Waals surface area contributed by atoms with E-state index in [4.69, 9.17) is 19.5 Å². The number of rotatable bonds is 3. The summed E-state index contributed by atoms with van der Waals surface area (Å²) in [4.78, 5) is 26.4. The van der Waals surface area contributed by atoms with E-state index in [-0.39, 0.29) is 5.91 Å². The predicted molar refractivity (Wildman–Crippen MR) is 122 cm³/mol. The Labute approximate surface area is 186 Å². The lowest BCUT2D eigenvalue weighted by molar-refractivity contribution is 0.0735. The second-order valence-corrected chi connectivity index (χ2v) is 8.24. The minimum Gasteiger partial charge on any atom is -0.459 e. The molecule has 0 spiro atoms. The van der Waals surface area contributed by atoms with Gasteiger partial charge in [0.05, 0.1) is 23.0 Å². The van der Waals surface area contributed by atoms with Crippen LogP contribution < -0.4 is 4.90 Å². The van der Waals surface area contributed by atoms with Crippen molar-refractivity contribution in [1.29, 1.82) is 0 Å². The van der Waals surface area contributed by atoms with Crippen molar-refractivity contribution in [1.82, 2.24) is 24.6 Å². The molecule has 1 aromatic carbocycles. The number of aryl methyl sites for hydroxylation is 3. The number of amides is 1. The van der Waals surface area contributed by atoms with Crippen LogP contribution in [-0.4, -0.2) is 56.7 Å². The molecule has 164 valence electrons. The molecule has 1 saturated heterocycles. The molecule has 0 aliphatic carbocycles. The zero-order valence-electron chi connectivity index (χ0n) is 18.6. The van der Waals surface area contributed by atoms with Gasteiger partial charge in [-0.2, -0.15) is 5.10 Å². The smallest absolute Gasteiger partial charge is 0.289 e. The highest BCUT2D eigenvalue weighted by atomic mass is 16.3. The number of benzene rings is 1. The minimum absolute atomic E-state index is 0.0655. The van der Waals surface area contributed by atoms with Gasteiger partial charge in [-0.25, -0.2) is 14.6 Å². The molecule has 8 nitrogen and oxygen atoms in total. The van der Waals surface area contributed by atoms with E-state index in [9.17, 15) is 4.79 Å². The zero-order chi connectivity index (χ0) is 22.2. The van der Waals surface area contributed by atoms with Gasteiger partial charge in [0.2, 0.25) is 0 Å². The minimum atomic E-state index is -0.0655. The van der Waals surface area contributed by atoms with Crippen LogP contribution in [0.2, 0.25) is 0 Å². The normalized spacial score (nSPS) is 14.7. The van der Waals surface area contributed by atoms with E-state index in [2.05, 4.69) is 36.1 Å². The zero-order valence-corrected chi connectivity index (χ0v) is 18.6. The summed E-state index contributed by atoms with van der Waals surface area (Å²) in [6.07, 6.45) is 2.38. The van der Waals surface area contributed by atoms with Gasteiger partial charge in [0.1, 0.15) is 11.6 Å². The molecule has 5 rings (SSSR count). The summed E-state index contributed by atoms with van der Waals surface area (Å²) in [7, 11) is 0. The van der Waals surface area contributed by atoms with Gasteiger partial charge in [0.25, 0.3) is 5.91 Å². The molecule has 0 radical (unpaired) electrons. The van der Waals surface area contributed by atoms with Crippen molar-refractivity contribution in [2.45, 2.75) is 27.2 Å². The molecule has 0 saturated carbocycles. The summed E-state index contributed by atoms with van der Waals surface area (Å²) in [5, 5.41) is 5.76. The van der Waals surface area contributed by atoms with Crippen LogP contribution in [0.5, 0.6) is 0 Å². The SMILES string of the molecule is Cc1ccc(-n2nc(C)c3c(N4CCCN(C(=O)c5ccco5)CC4)nc(C)nc32)cc1. The Morgan fingerprint density at radius 1 is 0.969 bits per heavy atom. The van der Waals surface area contributed by atoms with Gasteiger partial charge in [0.15, 0.2) is 11.4 Å². The van der Waals surface area contributed by atoms with Crippen LogP contribution in [0.25, 0.3) is 16.7 Å². The number of aromatic nitrogens is 4. The molecule has 0 N–H and O–H groups in total. The summed E-state index contributed by atoms with van der Waals surface area (Å²) in [5.74, 6) is 1.90. The third-order valence-electron chi connectivity index (χ3n) is 5.89. The number of nitrogens with zero attached hydrogens (tertiary/aromatic N) is 6. The highest BCUT2D eigenvalue weighted by Gasteiger charge is 2.25. The quantitative estimate of drug-likeness (QED) is 0.493. The number of hydrogen-bond acceptors (Lipinski definition) is 6. The number of hydrogen-bond donors (Lipinski definition) is 0. The van der Waals surface area contributed by atoms with E-state index in [1.54, 1.807) is 12.1 Å². The fraction of sp³-hybridized carbons (Fsp3) is 0.333. The molecule has 1 fully saturated rings. The number of carbonyl (C=O) groups is 1. The van der Waals surface area contributed by atoms with Crippen molar-refractivity contribution in [2.75, 3.05) is 31.1 Å². The van der Waals surface area contributed by atoms with E-state index < -0.39 is 0 Å². The van der Waals surface area contributed by atoms with Crippen LogP contribution in [0.15, 0.2) is 47.1 Å².